The van der Waals surface area contributed by atoms with Crippen molar-refractivity contribution in [1.29, 1.82) is 0 Å². The first-order valence-electron chi connectivity index (χ1n) is 6.03. The zero-order valence-electron chi connectivity index (χ0n) is 10.2. The minimum Gasteiger partial charge on any atom is -0.480 e. The molecule has 0 atom stereocenters. The average Bonchev–Trinajstić information content (AvgIpc) is 2.41. The van der Waals surface area contributed by atoms with Crippen LogP contribution in [0.1, 0.15) is 18.5 Å². The van der Waals surface area contributed by atoms with Gasteiger partial charge in [0.2, 0.25) is 5.88 Å². The fraction of sp³-hybridized carbons (Fsp3) is 0.667. The van der Waals surface area contributed by atoms with Gasteiger partial charge in [-0.1, -0.05) is 0 Å². The SMILES string of the molecule is COc1ccc(COCC2CCNCC2)nn1. The van der Waals surface area contributed by atoms with Crippen molar-refractivity contribution in [2.45, 2.75) is 19.4 Å². The normalized spacial score (nSPS) is 17.0. The van der Waals surface area contributed by atoms with Gasteiger partial charge in [-0.2, -0.15) is 0 Å². The number of nitrogens with one attached hydrogen (secondary N) is 1. The standard InChI is InChI=1S/C12H19N3O2/c1-16-12-3-2-11(14-15-12)9-17-8-10-4-6-13-7-5-10/h2-3,10,13H,4-9H2,1H3. The summed E-state index contributed by atoms with van der Waals surface area (Å²) >= 11 is 0. The van der Waals surface area contributed by atoms with E-state index in [1.165, 1.54) is 12.8 Å². The fourth-order valence-electron chi connectivity index (χ4n) is 1.91. The van der Waals surface area contributed by atoms with Crippen LogP contribution in [0, 0.1) is 5.92 Å². The Labute approximate surface area is 102 Å². The minimum absolute atomic E-state index is 0.529. The lowest BCUT2D eigenvalue weighted by molar-refractivity contribution is 0.0739. The third kappa shape index (κ3) is 3.94. The summed E-state index contributed by atoms with van der Waals surface area (Å²) in [5.41, 5.74) is 0.847. The minimum atomic E-state index is 0.529. The number of methoxy groups -OCH3 is 1. The molecule has 1 fully saturated rings. The lowest BCUT2D eigenvalue weighted by Gasteiger charge is -2.22. The highest BCUT2D eigenvalue weighted by Crippen LogP contribution is 2.12. The van der Waals surface area contributed by atoms with E-state index in [1.54, 1.807) is 13.2 Å². The third-order valence-corrected chi connectivity index (χ3v) is 2.97. The van der Waals surface area contributed by atoms with Crippen LogP contribution in [0.25, 0.3) is 0 Å². The van der Waals surface area contributed by atoms with E-state index in [1.807, 2.05) is 6.07 Å². The Morgan fingerprint density at radius 3 is 2.76 bits per heavy atom. The molecule has 0 radical (unpaired) electrons. The zero-order valence-corrected chi connectivity index (χ0v) is 10.2. The molecule has 1 saturated heterocycles. The van der Waals surface area contributed by atoms with Crippen LogP contribution in [0.5, 0.6) is 5.88 Å². The highest BCUT2D eigenvalue weighted by molar-refractivity contribution is 5.10. The summed E-state index contributed by atoms with van der Waals surface area (Å²) in [6.45, 7) is 3.56. The summed E-state index contributed by atoms with van der Waals surface area (Å²) in [5.74, 6) is 1.22. The Morgan fingerprint density at radius 1 is 1.29 bits per heavy atom. The average molecular weight is 237 g/mol. The molecule has 17 heavy (non-hydrogen) atoms. The van der Waals surface area contributed by atoms with Gasteiger partial charge in [0.05, 0.1) is 26.0 Å². The molecular formula is C12H19N3O2. The largest absolute Gasteiger partial charge is 0.480 e. The summed E-state index contributed by atoms with van der Waals surface area (Å²) < 4.78 is 10.6. The molecule has 1 aliphatic heterocycles. The van der Waals surface area contributed by atoms with Crippen molar-refractivity contribution in [1.82, 2.24) is 15.5 Å². The maximum atomic E-state index is 5.66. The predicted octanol–water partition coefficient (Wildman–Crippen LogP) is 1.00. The molecular weight excluding hydrogens is 218 g/mol. The van der Waals surface area contributed by atoms with Crippen LogP contribution < -0.4 is 10.1 Å². The Balaban J connectivity index is 1.69. The molecule has 0 spiro atoms. The van der Waals surface area contributed by atoms with Crippen LogP contribution in [0.4, 0.5) is 0 Å². The van der Waals surface area contributed by atoms with Crippen molar-refractivity contribution < 1.29 is 9.47 Å². The highest BCUT2D eigenvalue weighted by atomic mass is 16.5. The molecule has 0 saturated carbocycles. The highest BCUT2D eigenvalue weighted by Gasteiger charge is 2.12. The van der Waals surface area contributed by atoms with Gasteiger partial charge in [-0.3, -0.25) is 0 Å². The number of piperidine rings is 1. The molecule has 1 aromatic rings. The van der Waals surface area contributed by atoms with Gasteiger partial charge < -0.3 is 14.8 Å². The smallest absolute Gasteiger partial charge is 0.233 e. The third-order valence-electron chi connectivity index (χ3n) is 2.97. The Morgan fingerprint density at radius 2 is 2.12 bits per heavy atom. The first-order valence-corrected chi connectivity index (χ1v) is 6.03. The molecule has 0 unspecified atom stereocenters. The molecule has 1 aliphatic rings. The summed E-state index contributed by atoms with van der Waals surface area (Å²) in [6.07, 6.45) is 2.41. The molecule has 0 amide bonds. The van der Waals surface area contributed by atoms with Gasteiger partial charge in [0.25, 0.3) is 0 Å². The van der Waals surface area contributed by atoms with Crippen molar-refractivity contribution in [3.8, 4) is 5.88 Å². The Bertz CT molecular complexity index is 323. The first-order chi connectivity index (χ1) is 8.38. The number of nitrogens with zero attached hydrogens (tertiary/aromatic N) is 2. The van der Waals surface area contributed by atoms with E-state index in [9.17, 15) is 0 Å². The van der Waals surface area contributed by atoms with Crippen LogP contribution in [0.2, 0.25) is 0 Å². The molecule has 0 aromatic carbocycles. The first kappa shape index (κ1) is 12.3. The van der Waals surface area contributed by atoms with Crippen LogP contribution in [0.3, 0.4) is 0 Å². The van der Waals surface area contributed by atoms with Gasteiger partial charge in [-0.05, 0) is 37.9 Å². The van der Waals surface area contributed by atoms with Gasteiger partial charge in [0.1, 0.15) is 0 Å². The Hall–Kier alpha value is -1.20. The van der Waals surface area contributed by atoms with Gasteiger partial charge in [0.15, 0.2) is 0 Å². The maximum Gasteiger partial charge on any atom is 0.233 e. The van der Waals surface area contributed by atoms with E-state index < -0.39 is 0 Å². The summed E-state index contributed by atoms with van der Waals surface area (Å²) in [4.78, 5) is 0. The molecule has 2 heterocycles. The fourth-order valence-corrected chi connectivity index (χ4v) is 1.91. The second kappa shape index (κ2) is 6.51. The van der Waals surface area contributed by atoms with Crippen molar-refractivity contribution in [3.05, 3.63) is 17.8 Å². The van der Waals surface area contributed by atoms with Crippen LogP contribution in [0.15, 0.2) is 12.1 Å². The van der Waals surface area contributed by atoms with Crippen LogP contribution in [-0.2, 0) is 11.3 Å². The van der Waals surface area contributed by atoms with Gasteiger partial charge in [-0.25, -0.2) is 0 Å². The van der Waals surface area contributed by atoms with E-state index in [2.05, 4.69) is 15.5 Å². The number of hydrogen-bond acceptors (Lipinski definition) is 5. The van der Waals surface area contributed by atoms with Crippen molar-refractivity contribution in [3.63, 3.8) is 0 Å². The van der Waals surface area contributed by atoms with E-state index in [0.717, 1.165) is 25.4 Å². The molecule has 5 nitrogen and oxygen atoms in total. The molecule has 0 aliphatic carbocycles. The van der Waals surface area contributed by atoms with E-state index in [-0.39, 0.29) is 0 Å². The van der Waals surface area contributed by atoms with Gasteiger partial charge in [-0.15, -0.1) is 10.2 Å². The van der Waals surface area contributed by atoms with E-state index >= 15 is 0 Å². The Kier molecular flexibility index (Phi) is 4.70. The van der Waals surface area contributed by atoms with Crippen LogP contribution >= 0.6 is 0 Å². The topological polar surface area (TPSA) is 56.3 Å². The summed E-state index contributed by atoms with van der Waals surface area (Å²) in [6, 6.07) is 3.69. The predicted molar refractivity (Wildman–Crippen MR) is 63.8 cm³/mol. The lowest BCUT2D eigenvalue weighted by atomic mass is 9.99. The second-order valence-electron chi connectivity index (χ2n) is 4.28. The molecule has 1 N–H and O–H groups in total. The molecule has 5 heteroatoms. The van der Waals surface area contributed by atoms with E-state index in [4.69, 9.17) is 9.47 Å². The monoisotopic (exact) mass is 237 g/mol. The van der Waals surface area contributed by atoms with Crippen molar-refractivity contribution >= 4 is 0 Å². The molecule has 2 rings (SSSR count). The number of aromatic nitrogens is 2. The van der Waals surface area contributed by atoms with Crippen LogP contribution in [-0.4, -0.2) is 37.0 Å². The lowest BCUT2D eigenvalue weighted by Crippen LogP contribution is -2.29. The molecule has 0 bridgehead atoms. The quantitative estimate of drug-likeness (QED) is 0.828. The van der Waals surface area contributed by atoms with Crippen molar-refractivity contribution in [2.24, 2.45) is 5.92 Å². The van der Waals surface area contributed by atoms with E-state index in [0.29, 0.717) is 18.4 Å². The zero-order chi connectivity index (χ0) is 11.9. The second-order valence-corrected chi connectivity index (χ2v) is 4.28. The number of hydrogen-bond donors (Lipinski definition) is 1. The van der Waals surface area contributed by atoms with Gasteiger partial charge in [0, 0.05) is 6.07 Å². The molecule has 1 aromatic heterocycles. The van der Waals surface area contributed by atoms with Gasteiger partial charge >= 0.3 is 0 Å². The summed E-state index contributed by atoms with van der Waals surface area (Å²) in [7, 11) is 1.58. The molecule has 94 valence electrons. The maximum absolute atomic E-state index is 5.66. The number of rotatable bonds is 5. The number of ether oxygens (including phenoxy) is 2. The summed E-state index contributed by atoms with van der Waals surface area (Å²) in [5, 5.41) is 11.3. The van der Waals surface area contributed by atoms with Crippen molar-refractivity contribution in [2.75, 3.05) is 26.8 Å².